The summed E-state index contributed by atoms with van der Waals surface area (Å²) in [5.74, 6) is 1.49. The highest BCUT2D eigenvalue weighted by molar-refractivity contribution is 7.92. The predicted molar refractivity (Wildman–Crippen MR) is 116 cm³/mol. The average molecular weight is 451 g/mol. The average Bonchev–Trinajstić information content (AvgIpc) is 2.76. The number of sulfonamides is 1. The van der Waals surface area contributed by atoms with Crippen LogP contribution in [0.2, 0.25) is 0 Å². The number of benzene rings is 2. The maximum Gasteiger partial charge on any atom is 0.243 e. The largest absolute Gasteiger partial charge is 0.497 e. The number of rotatable bonds is 8. The summed E-state index contributed by atoms with van der Waals surface area (Å²) in [4.78, 5) is 12.9. The Morgan fingerprint density at radius 2 is 1.90 bits per heavy atom. The zero-order chi connectivity index (χ0) is 22.6. The van der Waals surface area contributed by atoms with Crippen molar-refractivity contribution in [2.24, 2.45) is 0 Å². The number of hydrogen-bond acceptors (Lipinski definition) is 7. The Bertz CT molecular complexity index is 1040. The van der Waals surface area contributed by atoms with Crippen LogP contribution in [0.25, 0.3) is 0 Å². The predicted octanol–water partition coefficient (Wildman–Crippen LogP) is 1.81. The molecule has 1 heterocycles. The molecule has 2 aromatic carbocycles. The van der Waals surface area contributed by atoms with E-state index in [1.165, 1.54) is 27.2 Å². The van der Waals surface area contributed by atoms with Crippen molar-refractivity contribution in [2.45, 2.75) is 19.1 Å². The topological polar surface area (TPSA) is 103 Å². The minimum atomic E-state index is -3.82. The fraction of sp³-hybridized carbons (Fsp3) is 0.381. The van der Waals surface area contributed by atoms with E-state index in [4.69, 9.17) is 18.9 Å². The highest BCUT2D eigenvalue weighted by atomic mass is 32.2. The fourth-order valence-corrected chi connectivity index (χ4v) is 4.45. The van der Waals surface area contributed by atoms with E-state index >= 15 is 0 Å². The maximum atomic E-state index is 12.9. The van der Waals surface area contributed by atoms with Gasteiger partial charge in [-0.2, -0.15) is 0 Å². The molecule has 0 spiro atoms. The van der Waals surface area contributed by atoms with Gasteiger partial charge in [-0.3, -0.25) is 9.10 Å². The second kappa shape index (κ2) is 9.34. The molecule has 0 bridgehead atoms. The first-order chi connectivity index (χ1) is 14.7. The Hall–Kier alpha value is -3.14. The Balaban J connectivity index is 1.75. The molecule has 2 aromatic rings. The second-order valence-corrected chi connectivity index (χ2v) is 8.87. The zero-order valence-corrected chi connectivity index (χ0v) is 18.6. The van der Waals surface area contributed by atoms with E-state index in [2.05, 4.69) is 5.32 Å². The van der Waals surface area contributed by atoms with Gasteiger partial charge in [0, 0.05) is 6.07 Å². The van der Waals surface area contributed by atoms with Gasteiger partial charge in [-0.15, -0.1) is 0 Å². The highest BCUT2D eigenvalue weighted by Crippen LogP contribution is 2.35. The molecule has 0 aromatic heterocycles. The van der Waals surface area contributed by atoms with Crippen LogP contribution in [0, 0.1) is 0 Å². The fourth-order valence-electron chi connectivity index (χ4n) is 3.28. The Morgan fingerprint density at radius 3 is 2.55 bits per heavy atom. The van der Waals surface area contributed by atoms with Crippen molar-refractivity contribution in [2.75, 3.05) is 37.9 Å². The van der Waals surface area contributed by atoms with Crippen LogP contribution in [0.1, 0.15) is 6.92 Å². The Morgan fingerprint density at radius 1 is 1.19 bits per heavy atom. The van der Waals surface area contributed by atoms with Gasteiger partial charge in [-0.1, -0.05) is 12.1 Å². The lowest BCUT2D eigenvalue weighted by molar-refractivity contribution is -0.122. The van der Waals surface area contributed by atoms with Gasteiger partial charge in [0.2, 0.25) is 15.9 Å². The summed E-state index contributed by atoms with van der Waals surface area (Å²) in [5.41, 5.74) is 0.207. The third-order valence-corrected chi connectivity index (χ3v) is 6.01. The molecule has 0 saturated carbocycles. The van der Waals surface area contributed by atoms with Gasteiger partial charge in [0.15, 0.2) is 11.5 Å². The van der Waals surface area contributed by atoms with Gasteiger partial charge < -0.3 is 24.3 Å². The number of amides is 1. The van der Waals surface area contributed by atoms with Gasteiger partial charge in [-0.05, 0) is 31.2 Å². The minimum absolute atomic E-state index is 0.157. The van der Waals surface area contributed by atoms with Crippen molar-refractivity contribution in [1.29, 1.82) is 0 Å². The number of hydrogen-bond donors (Lipinski definition) is 1. The third kappa shape index (κ3) is 5.13. The number of nitrogens with zero attached hydrogens (tertiary/aromatic N) is 1. The van der Waals surface area contributed by atoms with E-state index < -0.39 is 28.1 Å². The van der Waals surface area contributed by atoms with Crippen molar-refractivity contribution >= 4 is 21.6 Å². The van der Waals surface area contributed by atoms with Gasteiger partial charge >= 0.3 is 0 Å². The van der Waals surface area contributed by atoms with E-state index in [1.807, 2.05) is 12.1 Å². The first-order valence-electron chi connectivity index (χ1n) is 9.62. The first-order valence-corrected chi connectivity index (χ1v) is 11.5. The first kappa shape index (κ1) is 22.5. The molecule has 3 rings (SSSR count). The molecular formula is C21H26N2O7S. The normalized spacial score (nSPS) is 16.2. The van der Waals surface area contributed by atoms with Crippen LogP contribution in [-0.2, 0) is 14.8 Å². The molecule has 0 saturated heterocycles. The van der Waals surface area contributed by atoms with E-state index in [9.17, 15) is 13.2 Å². The van der Waals surface area contributed by atoms with Crippen molar-refractivity contribution in [3.8, 4) is 23.0 Å². The molecule has 0 unspecified atom stereocenters. The van der Waals surface area contributed by atoms with Gasteiger partial charge in [-0.25, -0.2) is 8.42 Å². The van der Waals surface area contributed by atoms with E-state index in [1.54, 1.807) is 24.3 Å². The monoisotopic (exact) mass is 450 g/mol. The third-order valence-electron chi connectivity index (χ3n) is 4.78. The number of carbonyl (C=O) groups is 1. The van der Waals surface area contributed by atoms with Crippen LogP contribution >= 0.6 is 0 Å². The molecule has 1 aliphatic rings. The van der Waals surface area contributed by atoms with E-state index in [0.29, 0.717) is 23.0 Å². The number of carbonyl (C=O) groups excluding carboxylic acids is 1. The van der Waals surface area contributed by atoms with Gasteiger partial charge in [0.25, 0.3) is 0 Å². The van der Waals surface area contributed by atoms with Crippen molar-refractivity contribution in [1.82, 2.24) is 5.32 Å². The molecule has 0 radical (unpaired) electrons. The second-order valence-electron chi connectivity index (χ2n) is 7.02. The van der Waals surface area contributed by atoms with E-state index in [0.717, 1.165) is 10.6 Å². The van der Waals surface area contributed by atoms with Crippen LogP contribution in [0.5, 0.6) is 23.0 Å². The molecule has 9 nitrogen and oxygen atoms in total. The number of para-hydroxylation sites is 2. The number of anilines is 1. The maximum absolute atomic E-state index is 12.9. The molecule has 0 aliphatic carbocycles. The number of nitrogens with one attached hydrogen (secondary N) is 1. The van der Waals surface area contributed by atoms with Crippen molar-refractivity contribution < 1.29 is 32.2 Å². The quantitative estimate of drug-likeness (QED) is 0.654. The van der Waals surface area contributed by atoms with Gasteiger partial charge in [0.05, 0.1) is 32.7 Å². The number of fused-ring (bicyclic) bond motifs is 1. The number of ether oxygens (including phenoxy) is 4. The molecule has 0 fully saturated rings. The molecule has 1 aliphatic heterocycles. The molecule has 168 valence electrons. The zero-order valence-electron chi connectivity index (χ0n) is 17.8. The standard InChI is InChI=1S/C21H26N2O7S/c1-14(21(24)22-12-16-13-29-19-7-5-6-8-20(19)30-16)23(31(4,25)26)17-11-15(27-2)9-10-18(17)28-3/h5-11,14,16H,12-13H2,1-4H3,(H,22,24)/t14-,16-/m0/s1. The summed E-state index contributed by atoms with van der Waals surface area (Å²) in [6, 6.07) is 11.0. The Labute approximate surface area is 181 Å². The molecule has 10 heteroatoms. The summed E-state index contributed by atoms with van der Waals surface area (Å²) in [5, 5.41) is 2.75. The summed E-state index contributed by atoms with van der Waals surface area (Å²) >= 11 is 0. The molecule has 2 atom stereocenters. The SMILES string of the molecule is COc1ccc(OC)c(N([C@@H](C)C(=O)NC[C@H]2COc3ccccc3O2)S(C)(=O)=O)c1. The highest BCUT2D eigenvalue weighted by Gasteiger charge is 2.32. The smallest absolute Gasteiger partial charge is 0.243 e. The van der Waals surface area contributed by atoms with Gasteiger partial charge in [0.1, 0.15) is 30.3 Å². The van der Waals surface area contributed by atoms with Crippen molar-refractivity contribution in [3.05, 3.63) is 42.5 Å². The summed E-state index contributed by atoms with van der Waals surface area (Å²) < 4.78 is 48.2. The van der Waals surface area contributed by atoms with E-state index in [-0.39, 0.29) is 18.8 Å². The molecule has 31 heavy (non-hydrogen) atoms. The molecule has 1 N–H and O–H groups in total. The summed E-state index contributed by atoms with van der Waals surface area (Å²) in [6.07, 6.45) is 0.633. The van der Waals surface area contributed by atoms with Crippen LogP contribution < -0.4 is 28.6 Å². The van der Waals surface area contributed by atoms with Crippen LogP contribution in [0.4, 0.5) is 5.69 Å². The summed E-state index contributed by atoms with van der Waals surface area (Å²) in [7, 11) is -0.927. The Kier molecular flexibility index (Phi) is 6.79. The van der Waals surface area contributed by atoms with Crippen LogP contribution in [-0.4, -0.2) is 60.1 Å². The lowest BCUT2D eigenvalue weighted by atomic mass is 10.2. The van der Waals surface area contributed by atoms with Crippen LogP contribution in [0.15, 0.2) is 42.5 Å². The lowest BCUT2D eigenvalue weighted by Gasteiger charge is -2.31. The number of methoxy groups -OCH3 is 2. The minimum Gasteiger partial charge on any atom is -0.497 e. The van der Waals surface area contributed by atoms with Crippen LogP contribution in [0.3, 0.4) is 0 Å². The van der Waals surface area contributed by atoms with Crippen molar-refractivity contribution in [3.63, 3.8) is 0 Å². The molecular weight excluding hydrogens is 424 g/mol. The summed E-state index contributed by atoms with van der Waals surface area (Å²) in [6.45, 7) is 1.93. The lowest BCUT2D eigenvalue weighted by Crippen LogP contribution is -2.50. The molecule has 1 amide bonds.